The summed E-state index contributed by atoms with van der Waals surface area (Å²) in [4.78, 5) is 5.08. The lowest BCUT2D eigenvalue weighted by Crippen LogP contribution is -2.40. The number of nitrogens with one attached hydrogen (secondary N) is 1. The number of nitrogens with zero attached hydrogens (tertiary/aromatic N) is 2. The lowest BCUT2D eigenvalue weighted by Gasteiger charge is -2.30. The van der Waals surface area contributed by atoms with Crippen molar-refractivity contribution in [2.24, 2.45) is 5.92 Å². The lowest BCUT2D eigenvalue weighted by molar-refractivity contribution is 0.228. The highest BCUT2D eigenvalue weighted by atomic mass is 15.2. The molecule has 0 spiro atoms. The van der Waals surface area contributed by atoms with Crippen molar-refractivity contribution in [1.29, 1.82) is 0 Å². The fourth-order valence-electron chi connectivity index (χ4n) is 3.02. The first-order valence-corrected chi connectivity index (χ1v) is 7.35. The Hall–Kier alpha value is -1.06. The Balaban J connectivity index is 2.10. The number of hydrogen-bond donors (Lipinski definition) is 1. The summed E-state index contributed by atoms with van der Waals surface area (Å²) >= 11 is 0. The van der Waals surface area contributed by atoms with E-state index in [1.165, 1.54) is 18.7 Å². The second-order valence-corrected chi connectivity index (χ2v) is 5.83. The molecule has 0 aliphatic carbocycles. The molecule has 0 aromatic heterocycles. The maximum Gasteiger partial charge on any atom is 0.0366 e. The van der Waals surface area contributed by atoms with Gasteiger partial charge in [0.05, 0.1) is 0 Å². The summed E-state index contributed by atoms with van der Waals surface area (Å²) in [6.45, 7) is 6.92. The molecule has 0 radical (unpaired) electrons. The molecule has 2 atom stereocenters. The van der Waals surface area contributed by atoms with E-state index in [2.05, 4.69) is 59.4 Å². The molecule has 3 nitrogen and oxygen atoms in total. The minimum Gasteiger partial charge on any atom is -0.370 e. The average molecular weight is 261 g/mol. The SMILES string of the molecule is CNCCC1CN(c2ccccc2)CC(C)CN1C. The van der Waals surface area contributed by atoms with Gasteiger partial charge in [-0.25, -0.2) is 0 Å². The average Bonchev–Trinajstić information content (AvgIpc) is 2.56. The van der Waals surface area contributed by atoms with Crippen molar-refractivity contribution in [2.75, 3.05) is 45.2 Å². The van der Waals surface area contributed by atoms with Crippen LogP contribution >= 0.6 is 0 Å². The van der Waals surface area contributed by atoms with E-state index in [-0.39, 0.29) is 0 Å². The molecule has 1 aliphatic heterocycles. The fourth-order valence-corrected chi connectivity index (χ4v) is 3.02. The smallest absolute Gasteiger partial charge is 0.0366 e. The zero-order valence-electron chi connectivity index (χ0n) is 12.5. The fraction of sp³-hybridized carbons (Fsp3) is 0.625. The Bertz CT molecular complexity index is 366. The second kappa shape index (κ2) is 6.92. The van der Waals surface area contributed by atoms with Gasteiger partial charge in [0.15, 0.2) is 0 Å². The van der Waals surface area contributed by atoms with Gasteiger partial charge in [0.1, 0.15) is 0 Å². The van der Waals surface area contributed by atoms with Crippen LogP contribution in [0.5, 0.6) is 0 Å². The van der Waals surface area contributed by atoms with Crippen LogP contribution in [0.25, 0.3) is 0 Å². The third-order valence-corrected chi connectivity index (χ3v) is 4.04. The summed E-state index contributed by atoms with van der Waals surface area (Å²) in [5.41, 5.74) is 1.36. The predicted molar refractivity (Wildman–Crippen MR) is 82.8 cm³/mol. The summed E-state index contributed by atoms with van der Waals surface area (Å²) in [5.74, 6) is 0.713. The molecule has 0 amide bonds. The van der Waals surface area contributed by atoms with Gasteiger partial charge in [-0.3, -0.25) is 0 Å². The normalized spacial score (nSPS) is 25.3. The molecule has 106 valence electrons. The summed E-state index contributed by atoms with van der Waals surface area (Å²) in [6.07, 6.45) is 1.21. The second-order valence-electron chi connectivity index (χ2n) is 5.83. The molecule has 1 aliphatic rings. The van der Waals surface area contributed by atoms with Crippen molar-refractivity contribution in [3.63, 3.8) is 0 Å². The maximum atomic E-state index is 3.28. The van der Waals surface area contributed by atoms with E-state index in [4.69, 9.17) is 0 Å². The van der Waals surface area contributed by atoms with E-state index in [1.807, 2.05) is 7.05 Å². The van der Waals surface area contributed by atoms with Gasteiger partial charge in [-0.2, -0.15) is 0 Å². The molecular weight excluding hydrogens is 234 g/mol. The van der Waals surface area contributed by atoms with Gasteiger partial charge in [0, 0.05) is 31.4 Å². The van der Waals surface area contributed by atoms with Gasteiger partial charge in [0.2, 0.25) is 0 Å². The van der Waals surface area contributed by atoms with Gasteiger partial charge in [-0.05, 0) is 45.1 Å². The first kappa shape index (κ1) is 14.4. The number of rotatable bonds is 4. The summed E-state index contributed by atoms with van der Waals surface area (Å²) in [7, 11) is 4.31. The van der Waals surface area contributed by atoms with Crippen LogP contribution in [0.15, 0.2) is 30.3 Å². The quantitative estimate of drug-likeness (QED) is 0.895. The van der Waals surface area contributed by atoms with Crippen LogP contribution in [0.4, 0.5) is 5.69 Å². The monoisotopic (exact) mass is 261 g/mol. The molecule has 1 heterocycles. The highest BCUT2D eigenvalue weighted by Crippen LogP contribution is 2.21. The van der Waals surface area contributed by atoms with E-state index < -0.39 is 0 Å². The van der Waals surface area contributed by atoms with E-state index in [1.54, 1.807) is 0 Å². The van der Waals surface area contributed by atoms with E-state index in [0.717, 1.165) is 19.6 Å². The summed E-state index contributed by atoms with van der Waals surface area (Å²) in [6, 6.07) is 11.5. The number of likely N-dealkylation sites (N-methyl/N-ethyl adjacent to an activating group) is 1. The van der Waals surface area contributed by atoms with Crippen LogP contribution < -0.4 is 10.2 Å². The molecule has 1 saturated heterocycles. The van der Waals surface area contributed by atoms with Crippen LogP contribution in [0, 0.1) is 5.92 Å². The third-order valence-electron chi connectivity index (χ3n) is 4.04. The maximum absolute atomic E-state index is 3.28. The van der Waals surface area contributed by atoms with Crippen molar-refractivity contribution in [3.8, 4) is 0 Å². The Labute approximate surface area is 117 Å². The summed E-state index contributed by atoms with van der Waals surface area (Å²) in [5, 5.41) is 3.28. The van der Waals surface area contributed by atoms with Crippen molar-refractivity contribution in [1.82, 2.24) is 10.2 Å². The molecule has 0 saturated carbocycles. The van der Waals surface area contributed by atoms with Gasteiger partial charge in [0.25, 0.3) is 0 Å². The molecule has 1 N–H and O–H groups in total. The van der Waals surface area contributed by atoms with E-state index in [9.17, 15) is 0 Å². The Morgan fingerprint density at radius 3 is 2.58 bits per heavy atom. The Kier molecular flexibility index (Phi) is 5.23. The lowest BCUT2D eigenvalue weighted by atomic mass is 10.1. The van der Waals surface area contributed by atoms with Gasteiger partial charge < -0.3 is 15.1 Å². The number of hydrogen-bond acceptors (Lipinski definition) is 3. The molecule has 19 heavy (non-hydrogen) atoms. The predicted octanol–water partition coefficient (Wildman–Crippen LogP) is 2.05. The first-order valence-electron chi connectivity index (χ1n) is 7.35. The Morgan fingerprint density at radius 1 is 1.16 bits per heavy atom. The summed E-state index contributed by atoms with van der Waals surface area (Å²) < 4.78 is 0. The van der Waals surface area contributed by atoms with Crippen LogP contribution in [-0.2, 0) is 0 Å². The third kappa shape index (κ3) is 3.95. The molecule has 3 heteroatoms. The Morgan fingerprint density at radius 2 is 1.89 bits per heavy atom. The molecule has 2 unspecified atom stereocenters. The molecule has 2 rings (SSSR count). The molecule has 1 fully saturated rings. The van der Waals surface area contributed by atoms with Crippen LogP contribution in [-0.4, -0.2) is 51.2 Å². The van der Waals surface area contributed by atoms with Gasteiger partial charge in [-0.1, -0.05) is 25.1 Å². The van der Waals surface area contributed by atoms with E-state index in [0.29, 0.717) is 12.0 Å². The molecular formula is C16H27N3. The minimum atomic E-state index is 0.637. The van der Waals surface area contributed by atoms with Crippen LogP contribution in [0.3, 0.4) is 0 Å². The van der Waals surface area contributed by atoms with Crippen LogP contribution in [0.1, 0.15) is 13.3 Å². The topological polar surface area (TPSA) is 18.5 Å². The zero-order chi connectivity index (χ0) is 13.7. The van der Waals surface area contributed by atoms with Gasteiger partial charge in [-0.15, -0.1) is 0 Å². The van der Waals surface area contributed by atoms with Crippen LogP contribution in [0.2, 0.25) is 0 Å². The van der Waals surface area contributed by atoms with E-state index >= 15 is 0 Å². The highest BCUT2D eigenvalue weighted by molar-refractivity contribution is 5.46. The van der Waals surface area contributed by atoms with Crippen molar-refractivity contribution in [2.45, 2.75) is 19.4 Å². The van der Waals surface area contributed by atoms with Crippen molar-refractivity contribution in [3.05, 3.63) is 30.3 Å². The molecule has 1 aromatic carbocycles. The number of benzene rings is 1. The highest BCUT2D eigenvalue weighted by Gasteiger charge is 2.25. The number of para-hydroxylation sites is 1. The van der Waals surface area contributed by atoms with Crippen molar-refractivity contribution < 1.29 is 0 Å². The zero-order valence-corrected chi connectivity index (χ0v) is 12.5. The van der Waals surface area contributed by atoms with Crippen molar-refractivity contribution >= 4 is 5.69 Å². The van der Waals surface area contributed by atoms with Gasteiger partial charge >= 0.3 is 0 Å². The standard InChI is InChI=1S/C16H27N3/c1-14-11-18(3)16(9-10-17-2)13-19(12-14)15-7-5-4-6-8-15/h4-8,14,16-17H,9-13H2,1-3H3. The molecule has 1 aromatic rings. The number of anilines is 1. The minimum absolute atomic E-state index is 0.637. The first-order chi connectivity index (χ1) is 9.20. The molecule has 0 bridgehead atoms. The largest absolute Gasteiger partial charge is 0.370 e.